The molecule has 0 aromatic carbocycles. The third kappa shape index (κ3) is 3.76. The average molecular weight is 144 g/mol. The second kappa shape index (κ2) is 4.89. The number of carboxylic acid groups (broad SMARTS) is 1. The number of carboxylic acids is 1. The molecule has 52 valence electrons. The minimum Gasteiger partial charge on any atom is -0.550 e. The van der Waals surface area contributed by atoms with Crippen LogP contribution in [0.4, 0.5) is 0 Å². The summed E-state index contributed by atoms with van der Waals surface area (Å²) in [6.45, 7) is 0. The predicted molar refractivity (Wildman–Crippen MR) is 30.7 cm³/mol. The van der Waals surface area contributed by atoms with E-state index in [0.29, 0.717) is 5.69 Å². The zero-order valence-corrected chi connectivity index (χ0v) is 6.15. The maximum Gasteiger partial charge on any atom is 1.00 e. The van der Waals surface area contributed by atoms with Crippen LogP contribution in [0.5, 0.6) is 0 Å². The summed E-state index contributed by atoms with van der Waals surface area (Å²) in [6, 6.07) is 0. The van der Waals surface area contributed by atoms with Gasteiger partial charge in [-0.3, -0.25) is 9.97 Å². The molecule has 0 amide bonds. The molecule has 0 radical (unpaired) electrons. The Bertz CT molecular complexity index is 227. The van der Waals surface area contributed by atoms with Crippen molar-refractivity contribution in [1.29, 1.82) is 0 Å². The molecule has 0 bridgehead atoms. The van der Waals surface area contributed by atoms with Gasteiger partial charge in [0.2, 0.25) is 0 Å². The number of rotatable bonds is 2. The minimum atomic E-state index is -1.14. The Labute approximate surface area is 75.9 Å². The van der Waals surface area contributed by atoms with E-state index in [4.69, 9.17) is 0 Å². The van der Waals surface area contributed by atoms with Gasteiger partial charge < -0.3 is 9.90 Å². The van der Waals surface area contributed by atoms with Gasteiger partial charge in [0.1, 0.15) is 0 Å². The van der Waals surface area contributed by atoms with Crippen LogP contribution >= 0.6 is 0 Å². The van der Waals surface area contributed by atoms with Gasteiger partial charge in [-0.2, -0.15) is 0 Å². The van der Waals surface area contributed by atoms with Crippen molar-refractivity contribution in [3.63, 3.8) is 0 Å². The summed E-state index contributed by atoms with van der Waals surface area (Å²) in [7, 11) is 0. The average Bonchev–Trinajstić information content (AvgIpc) is 1.88. The molecule has 0 fully saturated rings. The molecular weight excluding hydrogens is 139 g/mol. The largest absolute Gasteiger partial charge is 1.00 e. The Hall–Kier alpha value is -0.853. The zero-order chi connectivity index (χ0) is 7.40. The molecule has 0 spiro atoms. The van der Waals surface area contributed by atoms with Crippen LogP contribution in [0.2, 0.25) is 0 Å². The van der Waals surface area contributed by atoms with Crippen LogP contribution in [-0.4, -0.2) is 15.9 Å². The molecule has 0 N–H and O–H groups in total. The molecule has 0 aliphatic carbocycles. The first-order chi connectivity index (χ1) is 4.79. The van der Waals surface area contributed by atoms with Gasteiger partial charge in [0.05, 0.1) is 5.69 Å². The van der Waals surface area contributed by atoms with Gasteiger partial charge in [-0.05, 0) is 0 Å². The molecule has 4 nitrogen and oxygen atoms in total. The fraction of sp³-hybridized carbons (Fsp3) is 0.167. The summed E-state index contributed by atoms with van der Waals surface area (Å²) >= 11 is 0. The molecule has 0 atom stereocenters. The van der Waals surface area contributed by atoms with Gasteiger partial charge in [-0.1, -0.05) is 0 Å². The van der Waals surface area contributed by atoms with Crippen LogP contribution in [0, 0.1) is 0 Å². The molecule has 0 aliphatic rings. The van der Waals surface area contributed by atoms with Crippen LogP contribution in [0.15, 0.2) is 18.6 Å². The third-order valence-corrected chi connectivity index (χ3v) is 0.942. The molecule has 0 aliphatic heterocycles. The number of carbonyl (C=O) groups is 1. The standard InChI is InChI=1S/C6H6N2O2.Li/c9-6(10)3-5-4-7-1-2-8-5;/h1-2,4H,3H2,(H,9,10);/q;+1/p-1. The summed E-state index contributed by atoms with van der Waals surface area (Å²) in [5, 5.41) is 9.99. The van der Waals surface area contributed by atoms with E-state index < -0.39 is 5.97 Å². The first-order valence-corrected chi connectivity index (χ1v) is 2.74. The van der Waals surface area contributed by atoms with E-state index >= 15 is 0 Å². The fourth-order valence-electron chi connectivity index (χ4n) is 0.569. The molecule has 1 aromatic heterocycles. The van der Waals surface area contributed by atoms with Crippen LogP contribution in [0.1, 0.15) is 5.69 Å². The normalized spacial score (nSPS) is 8.36. The van der Waals surface area contributed by atoms with Gasteiger partial charge in [-0.15, -0.1) is 0 Å². The van der Waals surface area contributed by atoms with E-state index in [1.165, 1.54) is 18.6 Å². The van der Waals surface area contributed by atoms with Crippen molar-refractivity contribution in [3.05, 3.63) is 24.3 Å². The summed E-state index contributed by atoms with van der Waals surface area (Å²) in [4.78, 5) is 17.4. The Balaban J connectivity index is 0.000001000. The van der Waals surface area contributed by atoms with E-state index in [-0.39, 0.29) is 25.3 Å². The van der Waals surface area contributed by atoms with Crippen LogP contribution in [-0.2, 0) is 11.2 Å². The maximum absolute atomic E-state index is 9.99. The molecule has 1 aromatic rings. The maximum atomic E-state index is 9.99. The third-order valence-electron chi connectivity index (χ3n) is 0.942. The Morgan fingerprint density at radius 2 is 2.27 bits per heavy atom. The van der Waals surface area contributed by atoms with Gasteiger partial charge in [0, 0.05) is 31.0 Å². The molecule has 0 saturated carbocycles. The summed E-state index contributed by atoms with van der Waals surface area (Å²) < 4.78 is 0. The first kappa shape index (κ1) is 10.1. The molecule has 0 unspecified atom stereocenters. The van der Waals surface area contributed by atoms with Gasteiger partial charge in [-0.25, -0.2) is 0 Å². The minimum absolute atomic E-state index is 0. The van der Waals surface area contributed by atoms with Crippen LogP contribution in [0.25, 0.3) is 0 Å². The smallest absolute Gasteiger partial charge is 0.550 e. The van der Waals surface area contributed by atoms with E-state index in [2.05, 4.69) is 9.97 Å². The Kier molecular flexibility index (Phi) is 4.51. The second-order valence-electron chi connectivity index (χ2n) is 1.75. The van der Waals surface area contributed by atoms with Gasteiger partial charge in [0.25, 0.3) is 0 Å². The summed E-state index contributed by atoms with van der Waals surface area (Å²) in [6.07, 6.45) is 4.15. The van der Waals surface area contributed by atoms with E-state index in [0.717, 1.165) is 0 Å². The van der Waals surface area contributed by atoms with Crippen LogP contribution < -0.4 is 24.0 Å². The number of nitrogens with zero attached hydrogens (tertiary/aromatic N) is 2. The van der Waals surface area contributed by atoms with Gasteiger partial charge in [0.15, 0.2) is 0 Å². The molecule has 5 heteroatoms. The van der Waals surface area contributed by atoms with E-state index in [1.807, 2.05) is 0 Å². The van der Waals surface area contributed by atoms with Crippen molar-refractivity contribution in [1.82, 2.24) is 9.97 Å². The monoisotopic (exact) mass is 144 g/mol. The Morgan fingerprint density at radius 3 is 2.73 bits per heavy atom. The number of aromatic nitrogens is 2. The molecular formula is C6H5LiN2O2. The van der Waals surface area contributed by atoms with Crippen molar-refractivity contribution in [2.24, 2.45) is 0 Å². The van der Waals surface area contributed by atoms with Crippen molar-refractivity contribution in [3.8, 4) is 0 Å². The zero-order valence-electron chi connectivity index (χ0n) is 6.15. The van der Waals surface area contributed by atoms with E-state index in [9.17, 15) is 9.90 Å². The molecule has 1 heterocycles. The SMILES string of the molecule is O=C([O-])Cc1cnccn1.[Li+]. The van der Waals surface area contributed by atoms with Crippen LogP contribution in [0.3, 0.4) is 0 Å². The number of aliphatic carboxylic acids is 1. The molecule has 0 saturated heterocycles. The topological polar surface area (TPSA) is 65.9 Å². The van der Waals surface area contributed by atoms with Crippen molar-refractivity contribution in [2.45, 2.75) is 6.42 Å². The van der Waals surface area contributed by atoms with Crippen molar-refractivity contribution < 1.29 is 28.8 Å². The van der Waals surface area contributed by atoms with Gasteiger partial charge >= 0.3 is 18.9 Å². The Morgan fingerprint density at radius 1 is 1.55 bits per heavy atom. The van der Waals surface area contributed by atoms with E-state index in [1.54, 1.807) is 0 Å². The second-order valence-corrected chi connectivity index (χ2v) is 1.75. The summed E-state index contributed by atoms with van der Waals surface area (Å²) in [5.41, 5.74) is 0.419. The fourth-order valence-corrected chi connectivity index (χ4v) is 0.569. The summed E-state index contributed by atoms with van der Waals surface area (Å²) in [5.74, 6) is -1.14. The number of carbonyl (C=O) groups excluding carboxylic acids is 1. The van der Waals surface area contributed by atoms with Crippen molar-refractivity contribution >= 4 is 5.97 Å². The number of hydrogen-bond donors (Lipinski definition) is 0. The molecule has 1 rings (SSSR count). The number of hydrogen-bond acceptors (Lipinski definition) is 4. The first-order valence-electron chi connectivity index (χ1n) is 2.74. The van der Waals surface area contributed by atoms with Crippen molar-refractivity contribution in [2.75, 3.05) is 0 Å². The molecule has 11 heavy (non-hydrogen) atoms. The quantitative estimate of drug-likeness (QED) is 0.394. The predicted octanol–water partition coefficient (Wildman–Crippen LogP) is -4.23.